The minimum Gasteiger partial charge on any atom is -0.351 e. The van der Waals surface area contributed by atoms with E-state index < -0.39 is 11.7 Å². The maximum Gasteiger partial charge on any atom is 0.338 e. The number of hydrogen-bond donors (Lipinski definition) is 1. The standard InChI is InChI=1S/C7H7N5O2/c1-11-5-4(2-9-3-10-5)12(6(8)13)7(11)14/h2-3H,1H3,(H2,8,13). The first-order valence-electron chi connectivity index (χ1n) is 3.80. The molecule has 7 nitrogen and oxygen atoms in total. The zero-order valence-corrected chi connectivity index (χ0v) is 7.34. The van der Waals surface area contributed by atoms with E-state index in [9.17, 15) is 9.59 Å². The van der Waals surface area contributed by atoms with Crippen LogP contribution >= 0.6 is 0 Å². The number of hydrogen-bond acceptors (Lipinski definition) is 4. The molecule has 0 aromatic carbocycles. The summed E-state index contributed by atoms with van der Waals surface area (Å²) in [7, 11) is 1.51. The Morgan fingerprint density at radius 3 is 2.93 bits per heavy atom. The van der Waals surface area contributed by atoms with Crippen LogP contribution in [0.25, 0.3) is 11.2 Å². The molecule has 0 bridgehead atoms. The molecule has 2 heterocycles. The zero-order chi connectivity index (χ0) is 10.3. The van der Waals surface area contributed by atoms with Gasteiger partial charge < -0.3 is 5.73 Å². The molecule has 0 atom stereocenters. The Hall–Kier alpha value is -2.18. The van der Waals surface area contributed by atoms with Crippen LogP contribution in [0.2, 0.25) is 0 Å². The van der Waals surface area contributed by atoms with Crippen molar-refractivity contribution in [2.45, 2.75) is 0 Å². The second-order valence-electron chi connectivity index (χ2n) is 2.75. The van der Waals surface area contributed by atoms with Gasteiger partial charge in [-0.25, -0.2) is 24.1 Å². The van der Waals surface area contributed by atoms with Gasteiger partial charge in [-0.15, -0.1) is 0 Å². The van der Waals surface area contributed by atoms with E-state index in [-0.39, 0.29) is 0 Å². The number of nitrogens with two attached hydrogens (primary N) is 1. The summed E-state index contributed by atoms with van der Waals surface area (Å²) < 4.78 is 2.07. The van der Waals surface area contributed by atoms with Gasteiger partial charge in [-0.3, -0.25) is 4.57 Å². The molecule has 72 valence electrons. The number of primary amides is 1. The summed E-state index contributed by atoms with van der Waals surface area (Å²) in [4.78, 5) is 30.0. The molecule has 1 amide bonds. The van der Waals surface area contributed by atoms with E-state index >= 15 is 0 Å². The summed E-state index contributed by atoms with van der Waals surface area (Å²) in [6, 6.07) is -0.838. The van der Waals surface area contributed by atoms with Crippen LogP contribution < -0.4 is 11.4 Å². The summed E-state index contributed by atoms with van der Waals surface area (Å²) in [5.41, 5.74) is 5.22. The van der Waals surface area contributed by atoms with Gasteiger partial charge in [0.15, 0.2) is 5.65 Å². The first kappa shape index (κ1) is 8.42. The molecule has 2 aromatic rings. The molecule has 0 aliphatic rings. The Morgan fingerprint density at radius 2 is 2.29 bits per heavy atom. The molecule has 0 aliphatic carbocycles. The summed E-state index contributed by atoms with van der Waals surface area (Å²) in [6.07, 6.45) is 2.67. The number of imidazole rings is 1. The molecule has 0 radical (unpaired) electrons. The Balaban J connectivity index is 3.03. The summed E-state index contributed by atoms with van der Waals surface area (Å²) in [5.74, 6) is 0. The number of aryl methyl sites for hydroxylation is 1. The molecule has 14 heavy (non-hydrogen) atoms. The van der Waals surface area contributed by atoms with Gasteiger partial charge >= 0.3 is 11.7 Å². The van der Waals surface area contributed by atoms with Crippen LogP contribution in [0.1, 0.15) is 0 Å². The predicted molar refractivity (Wildman–Crippen MR) is 47.8 cm³/mol. The van der Waals surface area contributed by atoms with E-state index in [0.717, 1.165) is 4.57 Å². The van der Waals surface area contributed by atoms with Crippen LogP contribution in [0, 0.1) is 0 Å². The molecular weight excluding hydrogens is 186 g/mol. The average Bonchev–Trinajstić information content (AvgIpc) is 2.41. The van der Waals surface area contributed by atoms with Crippen LogP contribution in [-0.4, -0.2) is 25.1 Å². The highest BCUT2D eigenvalue weighted by Crippen LogP contribution is 2.05. The number of fused-ring (bicyclic) bond motifs is 1. The second kappa shape index (κ2) is 2.66. The minimum atomic E-state index is -0.838. The number of rotatable bonds is 0. The Bertz CT molecular complexity index is 567. The number of aromatic nitrogens is 4. The lowest BCUT2D eigenvalue weighted by Gasteiger charge is -1.92. The first-order chi connectivity index (χ1) is 6.63. The highest BCUT2D eigenvalue weighted by Gasteiger charge is 2.14. The lowest BCUT2D eigenvalue weighted by molar-refractivity contribution is 0.250. The van der Waals surface area contributed by atoms with E-state index in [4.69, 9.17) is 5.73 Å². The second-order valence-corrected chi connectivity index (χ2v) is 2.75. The van der Waals surface area contributed by atoms with Crippen molar-refractivity contribution in [2.24, 2.45) is 12.8 Å². The van der Waals surface area contributed by atoms with Crippen molar-refractivity contribution in [3.63, 3.8) is 0 Å². The van der Waals surface area contributed by atoms with Crippen LogP contribution in [-0.2, 0) is 7.05 Å². The van der Waals surface area contributed by atoms with Gasteiger partial charge in [-0.05, 0) is 0 Å². The SMILES string of the molecule is Cn1c(=O)n(C(N)=O)c2cncnc21. The fourth-order valence-electron chi connectivity index (χ4n) is 1.29. The van der Waals surface area contributed by atoms with Gasteiger partial charge in [-0.1, -0.05) is 0 Å². The summed E-state index contributed by atoms with van der Waals surface area (Å²) >= 11 is 0. The molecule has 2 aromatic heterocycles. The molecule has 0 saturated carbocycles. The lowest BCUT2D eigenvalue weighted by Crippen LogP contribution is -2.32. The third-order valence-electron chi connectivity index (χ3n) is 1.93. The predicted octanol–water partition coefficient (Wildman–Crippen LogP) is -0.943. The van der Waals surface area contributed by atoms with Crippen LogP contribution in [0.4, 0.5) is 4.79 Å². The maximum absolute atomic E-state index is 11.5. The first-order valence-corrected chi connectivity index (χ1v) is 3.80. The van der Waals surface area contributed by atoms with Crippen molar-refractivity contribution in [1.29, 1.82) is 0 Å². The zero-order valence-electron chi connectivity index (χ0n) is 7.34. The van der Waals surface area contributed by atoms with Crippen LogP contribution in [0.5, 0.6) is 0 Å². The number of nitrogens with zero attached hydrogens (tertiary/aromatic N) is 4. The smallest absolute Gasteiger partial charge is 0.338 e. The normalized spacial score (nSPS) is 10.6. The van der Waals surface area contributed by atoms with Crippen molar-refractivity contribution < 1.29 is 4.79 Å². The molecule has 2 N–H and O–H groups in total. The van der Waals surface area contributed by atoms with Gasteiger partial charge in [0.1, 0.15) is 11.8 Å². The molecule has 0 fully saturated rings. The Labute approximate surface area is 77.8 Å². The topological polar surface area (TPSA) is 95.8 Å². The van der Waals surface area contributed by atoms with Crippen molar-refractivity contribution in [3.05, 3.63) is 23.0 Å². The highest BCUT2D eigenvalue weighted by molar-refractivity contribution is 5.86. The average molecular weight is 193 g/mol. The number of carbonyl (C=O) groups is 1. The molecule has 2 rings (SSSR count). The van der Waals surface area contributed by atoms with E-state index in [1.54, 1.807) is 0 Å². The van der Waals surface area contributed by atoms with Crippen molar-refractivity contribution >= 4 is 17.2 Å². The summed E-state index contributed by atoms with van der Waals surface area (Å²) in [5, 5.41) is 0. The monoisotopic (exact) mass is 193 g/mol. The summed E-state index contributed by atoms with van der Waals surface area (Å²) in [6.45, 7) is 0. The maximum atomic E-state index is 11.5. The van der Waals surface area contributed by atoms with E-state index in [1.807, 2.05) is 0 Å². The molecule has 7 heteroatoms. The van der Waals surface area contributed by atoms with Crippen LogP contribution in [0.15, 0.2) is 17.3 Å². The molecule has 0 spiro atoms. The van der Waals surface area contributed by atoms with Gasteiger partial charge in [0.25, 0.3) is 0 Å². The van der Waals surface area contributed by atoms with Gasteiger partial charge in [0, 0.05) is 7.05 Å². The largest absolute Gasteiger partial charge is 0.351 e. The fraction of sp³-hybridized carbons (Fsp3) is 0.143. The molecule has 0 saturated heterocycles. The van der Waals surface area contributed by atoms with Gasteiger partial charge in [0.2, 0.25) is 0 Å². The fourth-order valence-corrected chi connectivity index (χ4v) is 1.29. The highest BCUT2D eigenvalue weighted by atomic mass is 16.2. The van der Waals surface area contributed by atoms with Gasteiger partial charge in [-0.2, -0.15) is 0 Å². The quantitative estimate of drug-likeness (QED) is 0.583. The third kappa shape index (κ3) is 0.920. The van der Waals surface area contributed by atoms with E-state index in [1.165, 1.54) is 24.1 Å². The van der Waals surface area contributed by atoms with E-state index in [2.05, 4.69) is 9.97 Å². The molecular formula is C7H7N5O2. The lowest BCUT2D eigenvalue weighted by atomic mass is 10.5. The Morgan fingerprint density at radius 1 is 1.57 bits per heavy atom. The van der Waals surface area contributed by atoms with E-state index in [0.29, 0.717) is 11.2 Å². The van der Waals surface area contributed by atoms with Crippen LogP contribution in [0.3, 0.4) is 0 Å². The van der Waals surface area contributed by atoms with Crippen molar-refractivity contribution in [2.75, 3.05) is 0 Å². The van der Waals surface area contributed by atoms with Crippen molar-refractivity contribution in [3.8, 4) is 0 Å². The van der Waals surface area contributed by atoms with Gasteiger partial charge in [0.05, 0.1) is 6.20 Å². The number of carbonyl (C=O) groups excluding carboxylic acids is 1. The Kier molecular flexibility index (Phi) is 1.60. The number of amides is 1. The van der Waals surface area contributed by atoms with Crippen molar-refractivity contribution in [1.82, 2.24) is 19.1 Å². The molecule has 0 unspecified atom stereocenters. The molecule has 0 aliphatic heterocycles. The minimum absolute atomic E-state index is 0.313. The third-order valence-corrected chi connectivity index (χ3v) is 1.93.